The summed E-state index contributed by atoms with van der Waals surface area (Å²) < 4.78 is 5.57. The summed E-state index contributed by atoms with van der Waals surface area (Å²) in [5, 5.41) is 10.9. The van der Waals surface area contributed by atoms with Gasteiger partial charge in [0.1, 0.15) is 18.1 Å². The summed E-state index contributed by atoms with van der Waals surface area (Å²) >= 11 is 7.13. The van der Waals surface area contributed by atoms with Gasteiger partial charge in [0.05, 0.1) is 12.1 Å². The van der Waals surface area contributed by atoms with Crippen molar-refractivity contribution in [3.63, 3.8) is 0 Å². The number of halogens is 1. The van der Waals surface area contributed by atoms with Gasteiger partial charge in [-0.05, 0) is 86.9 Å². The van der Waals surface area contributed by atoms with Crippen LogP contribution < -0.4 is 21.3 Å². The minimum absolute atomic E-state index is 0.379. The second-order valence-electron chi connectivity index (χ2n) is 7.50. The van der Waals surface area contributed by atoms with Gasteiger partial charge in [0.2, 0.25) is 11.8 Å². The molecular formula is C22H31IN4O5S. The normalized spacial score (nSPS) is 13.1. The van der Waals surface area contributed by atoms with E-state index in [4.69, 9.17) is 12.2 Å². The van der Waals surface area contributed by atoms with Crippen molar-refractivity contribution in [3.05, 3.63) is 33.4 Å². The molecule has 0 heterocycles. The van der Waals surface area contributed by atoms with Gasteiger partial charge in [-0.2, -0.15) is 0 Å². The Bertz CT molecular complexity index is 850. The summed E-state index contributed by atoms with van der Waals surface area (Å²) in [6.45, 7) is 5.44. The number of benzene rings is 1. The highest BCUT2D eigenvalue weighted by molar-refractivity contribution is 14.1. The van der Waals surface area contributed by atoms with E-state index in [0.717, 1.165) is 9.99 Å². The standard InChI is InChI=1S/C22H31IN4O5S/c1-13(19(28)26-14(2)22(31)32-4)25-21(30)18(7-5-6-12-24-15(3)33)27-20(29)16-8-10-17(23)11-9-16/h8-11,13-14,18H,5-7,12H2,1-4H3,(H,24,33)(H,25,30)(H,26,28)(H,27,29)/t13-,14-,18-/m0/s1. The molecule has 1 aromatic rings. The van der Waals surface area contributed by atoms with Crippen LogP contribution in [-0.2, 0) is 19.1 Å². The molecule has 0 aromatic heterocycles. The van der Waals surface area contributed by atoms with Crippen LogP contribution in [0.2, 0.25) is 0 Å². The Kier molecular flexibility index (Phi) is 12.9. The molecule has 0 aliphatic carbocycles. The van der Waals surface area contributed by atoms with Crippen molar-refractivity contribution in [1.82, 2.24) is 21.3 Å². The number of unbranched alkanes of at least 4 members (excludes halogenated alkanes) is 1. The maximum atomic E-state index is 12.9. The van der Waals surface area contributed by atoms with Crippen molar-refractivity contribution < 1.29 is 23.9 Å². The van der Waals surface area contributed by atoms with Gasteiger partial charge in [-0.25, -0.2) is 4.79 Å². The Hall–Kier alpha value is -2.28. The molecule has 0 bridgehead atoms. The highest BCUT2D eigenvalue weighted by atomic mass is 127. The Morgan fingerprint density at radius 1 is 0.970 bits per heavy atom. The maximum Gasteiger partial charge on any atom is 0.328 e. The molecule has 0 unspecified atom stereocenters. The van der Waals surface area contributed by atoms with Crippen LogP contribution in [0.4, 0.5) is 0 Å². The minimum Gasteiger partial charge on any atom is -0.467 e. The number of methoxy groups -OCH3 is 1. The average molecular weight is 590 g/mol. The van der Waals surface area contributed by atoms with E-state index in [9.17, 15) is 19.2 Å². The Labute approximate surface area is 213 Å². The Balaban J connectivity index is 2.78. The lowest BCUT2D eigenvalue weighted by Gasteiger charge is -2.22. The largest absolute Gasteiger partial charge is 0.467 e. The number of amides is 3. The molecule has 1 aromatic carbocycles. The first kappa shape index (κ1) is 28.8. The molecule has 11 heteroatoms. The summed E-state index contributed by atoms with van der Waals surface area (Å²) in [5.41, 5.74) is 0.434. The maximum absolute atomic E-state index is 12.9. The fourth-order valence-corrected chi connectivity index (χ4v) is 3.26. The monoisotopic (exact) mass is 590 g/mol. The zero-order valence-electron chi connectivity index (χ0n) is 19.2. The fraction of sp³-hybridized carbons (Fsp3) is 0.500. The van der Waals surface area contributed by atoms with Gasteiger partial charge in [0.15, 0.2) is 0 Å². The first-order valence-corrected chi connectivity index (χ1v) is 12.0. The smallest absolute Gasteiger partial charge is 0.328 e. The third kappa shape index (κ3) is 10.9. The van der Waals surface area contributed by atoms with Gasteiger partial charge in [0.25, 0.3) is 5.91 Å². The molecule has 0 fully saturated rings. The molecule has 0 aliphatic rings. The minimum atomic E-state index is -0.915. The van der Waals surface area contributed by atoms with E-state index in [0.29, 0.717) is 29.9 Å². The van der Waals surface area contributed by atoms with Crippen LogP contribution in [-0.4, -0.2) is 60.5 Å². The van der Waals surface area contributed by atoms with Gasteiger partial charge in [-0.1, -0.05) is 12.2 Å². The molecule has 182 valence electrons. The number of hydrogen-bond acceptors (Lipinski definition) is 6. The molecule has 9 nitrogen and oxygen atoms in total. The van der Waals surface area contributed by atoms with E-state index in [1.165, 1.54) is 21.0 Å². The highest BCUT2D eigenvalue weighted by Crippen LogP contribution is 2.09. The van der Waals surface area contributed by atoms with Crippen molar-refractivity contribution in [2.75, 3.05) is 13.7 Å². The van der Waals surface area contributed by atoms with Crippen molar-refractivity contribution in [1.29, 1.82) is 0 Å². The van der Waals surface area contributed by atoms with Crippen LogP contribution in [0.1, 0.15) is 50.4 Å². The number of hydrogen-bond donors (Lipinski definition) is 4. The summed E-state index contributed by atoms with van der Waals surface area (Å²) in [5.74, 6) is -1.99. The molecule has 4 N–H and O–H groups in total. The number of carbonyl (C=O) groups is 4. The van der Waals surface area contributed by atoms with Gasteiger partial charge >= 0.3 is 5.97 Å². The first-order chi connectivity index (χ1) is 15.5. The summed E-state index contributed by atoms with van der Waals surface area (Å²) in [7, 11) is 1.22. The summed E-state index contributed by atoms with van der Waals surface area (Å²) in [6, 6.07) is 4.37. The number of nitrogens with one attached hydrogen (secondary N) is 4. The number of rotatable bonds is 12. The predicted molar refractivity (Wildman–Crippen MR) is 138 cm³/mol. The first-order valence-electron chi connectivity index (χ1n) is 10.5. The molecule has 3 amide bonds. The lowest BCUT2D eigenvalue weighted by atomic mass is 10.1. The van der Waals surface area contributed by atoms with Gasteiger partial charge in [-0.3, -0.25) is 14.4 Å². The van der Waals surface area contributed by atoms with E-state index in [-0.39, 0.29) is 5.91 Å². The molecule has 0 spiro atoms. The number of ether oxygens (including phenoxy) is 1. The zero-order chi connectivity index (χ0) is 25.0. The molecule has 0 saturated heterocycles. The van der Waals surface area contributed by atoms with Crippen LogP contribution >= 0.6 is 34.8 Å². The quantitative estimate of drug-likeness (QED) is 0.126. The van der Waals surface area contributed by atoms with E-state index in [2.05, 4.69) is 48.6 Å². The van der Waals surface area contributed by atoms with Crippen molar-refractivity contribution >= 4 is 63.5 Å². The van der Waals surface area contributed by atoms with Gasteiger partial charge in [0, 0.05) is 15.7 Å². The van der Waals surface area contributed by atoms with E-state index in [1.807, 2.05) is 0 Å². The summed E-state index contributed by atoms with van der Waals surface area (Å²) in [4.78, 5) is 50.1. The topological polar surface area (TPSA) is 126 Å². The van der Waals surface area contributed by atoms with Crippen LogP contribution in [0.15, 0.2) is 24.3 Å². The Morgan fingerprint density at radius 2 is 1.58 bits per heavy atom. The van der Waals surface area contributed by atoms with E-state index in [1.54, 1.807) is 31.2 Å². The molecule has 33 heavy (non-hydrogen) atoms. The average Bonchev–Trinajstić information content (AvgIpc) is 2.77. The molecule has 0 radical (unpaired) electrons. The van der Waals surface area contributed by atoms with E-state index < -0.39 is 35.9 Å². The lowest BCUT2D eigenvalue weighted by Crippen LogP contribution is -2.54. The Morgan fingerprint density at radius 3 is 2.15 bits per heavy atom. The van der Waals surface area contributed by atoms with Crippen molar-refractivity contribution in [2.24, 2.45) is 0 Å². The molecule has 3 atom stereocenters. The SMILES string of the molecule is COC(=O)[C@H](C)NC(=O)[C@H](C)NC(=O)[C@H](CCCCNC(C)=S)NC(=O)c1ccc(I)cc1. The number of esters is 1. The third-order valence-corrected chi connectivity index (χ3v) is 5.55. The van der Waals surface area contributed by atoms with E-state index >= 15 is 0 Å². The second-order valence-corrected chi connectivity index (χ2v) is 9.35. The van der Waals surface area contributed by atoms with Crippen LogP contribution in [0, 0.1) is 3.57 Å². The van der Waals surface area contributed by atoms with Crippen LogP contribution in [0.3, 0.4) is 0 Å². The molecule has 0 saturated carbocycles. The van der Waals surface area contributed by atoms with Gasteiger partial charge < -0.3 is 26.0 Å². The summed E-state index contributed by atoms with van der Waals surface area (Å²) in [6.07, 6.45) is 1.79. The molecule has 1 rings (SSSR count). The molecular weight excluding hydrogens is 559 g/mol. The van der Waals surface area contributed by atoms with Crippen molar-refractivity contribution in [2.45, 2.75) is 58.2 Å². The number of carbonyl (C=O) groups excluding carboxylic acids is 4. The zero-order valence-corrected chi connectivity index (χ0v) is 22.2. The van der Waals surface area contributed by atoms with Crippen LogP contribution in [0.5, 0.6) is 0 Å². The van der Waals surface area contributed by atoms with Gasteiger partial charge in [-0.15, -0.1) is 0 Å². The highest BCUT2D eigenvalue weighted by Gasteiger charge is 2.26. The fourth-order valence-electron chi connectivity index (χ4n) is 2.80. The third-order valence-electron chi connectivity index (χ3n) is 4.69. The lowest BCUT2D eigenvalue weighted by molar-refractivity contribution is -0.144. The molecule has 0 aliphatic heterocycles. The second kappa shape index (κ2) is 14.8. The van der Waals surface area contributed by atoms with Crippen LogP contribution in [0.25, 0.3) is 0 Å². The predicted octanol–water partition coefficient (Wildman–Crippen LogP) is 1.68. The van der Waals surface area contributed by atoms with Crippen molar-refractivity contribution in [3.8, 4) is 0 Å². The number of thiocarbonyl (C=S) groups is 1.